The summed E-state index contributed by atoms with van der Waals surface area (Å²) in [5, 5.41) is 9.17. The van der Waals surface area contributed by atoms with Crippen LogP contribution in [0.1, 0.15) is 31.2 Å². The van der Waals surface area contributed by atoms with Gasteiger partial charge in [0.2, 0.25) is 0 Å². The molecule has 20 heavy (non-hydrogen) atoms. The van der Waals surface area contributed by atoms with Crippen molar-refractivity contribution < 1.29 is 9.84 Å². The Morgan fingerprint density at radius 1 is 1.25 bits per heavy atom. The number of aliphatic hydroxyl groups excluding tert-OH is 1. The molecule has 1 aliphatic rings. The highest BCUT2D eigenvalue weighted by Crippen LogP contribution is 2.26. The van der Waals surface area contributed by atoms with E-state index in [2.05, 4.69) is 31.0 Å². The van der Waals surface area contributed by atoms with E-state index in [1.165, 1.54) is 18.4 Å². The van der Waals surface area contributed by atoms with Crippen molar-refractivity contribution in [3.05, 3.63) is 29.8 Å². The molecule has 1 fully saturated rings. The zero-order valence-electron chi connectivity index (χ0n) is 12.7. The van der Waals surface area contributed by atoms with Crippen molar-refractivity contribution in [2.45, 2.75) is 38.6 Å². The van der Waals surface area contributed by atoms with Crippen LogP contribution in [-0.4, -0.2) is 42.9 Å². The van der Waals surface area contributed by atoms with Crippen LogP contribution in [0.5, 0.6) is 5.75 Å². The molecule has 0 bridgehead atoms. The minimum Gasteiger partial charge on any atom is -0.492 e. The smallest absolute Gasteiger partial charge is 0.119 e. The van der Waals surface area contributed by atoms with E-state index in [1.807, 2.05) is 12.1 Å². The molecule has 1 aromatic rings. The molecule has 0 heterocycles. The molecule has 0 unspecified atom stereocenters. The van der Waals surface area contributed by atoms with Crippen LogP contribution in [0.2, 0.25) is 0 Å². The molecule has 3 nitrogen and oxygen atoms in total. The maximum atomic E-state index is 9.17. The van der Waals surface area contributed by atoms with Crippen LogP contribution in [0.25, 0.3) is 0 Å². The van der Waals surface area contributed by atoms with Gasteiger partial charge in [-0.25, -0.2) is 0 Å². The van der Waals surface area contributed by atoms with E-state index in [-0.39, 0.29) is 0 Å². The Bertz CT molecular complexity index is 400. The summed E-state index contributed by atoms with van der Waals surface area (Å²) in [6, 6.07) is 8.86. The molecule has 2 rings (SSSR count). The van der Waals surface area contributed by atoms with Crippen LogP contribution < -0.4 is 4.74 Å². The Labute approximate surface area is 122 Å². The third-order valence-corrected chi connectivity index (χ3v) is 4.40. The predicted molar refractivity (Wildman–Crippen MR) is 82.1 cm³/mol. The zero-order valence-corrected chi connectivity index (χ0v) is 12.7. The Hall–Kier alpha value is -1.06. The maximum absolute atomic E-state index is 9.17. The van der Waals surface area contributed by atoms with Gasteiger partial charge in [0, 0.05) is 19.2 Å². The maximum Gasteiger partial charge on any atom is 0.119 e. The van der Waals surface area contributed by atoms with Crippen molar-refractivity contribution in [3.63, 3.8) is 0 Å². The summed E-state index contributed by atoms with van der Waals surface area (Å²) in [6.45, 7) is 4.13. The van der Waals surface area contributed by atoms with Gasteiger partial charge in [0.1, 0.15) is 12.4 Å². The molecule has 1 aromatic carbocycles. The molecule has 1 N–H and O–H groups in total. The van der Waals surface area contributed by atoms with Crippen LogP contribution in [-0.2, 0) is 0 Å². The SMILES string of the molecule is Cc1cccc(OCCN(C)C2CCC(CO)CC2)c1. The van der Waals surface area contributed by atoms with Gasteiger partial charge in [0.25, 0.3) is 0 Å². The Morgan fingerprint density at radius 3 is 2.65 bits per heavy atom. The minimum atomic E-state index is 0.354. The summed E-state index contributed by atoms with van der Waals surface area (Å²) < 4.78 is 5.81. The zero-order chi connectivity index (χ0) is 14.4. The number of nitrogens with zero attached hydrogens (tertiary/aromatic N) is 1. The number of rotatable bonds is 6. The second kappa shape index (κ2) is 7.65. The lowest BCUT2D eigenvalue weighted by Crippen LogP contribution is -2.38. The first kappa shape index (κ1) is 15.3. The molecule has 1 aliphatic carbocycles. The largest absolute Gasteiger partial charge is 0.492 e. The summed E-state index contributed by atoms with van der Waals surface area (Å²) in [5.41, 5.74) is 1.23. The molecule has 0 radical (unpaired) electrons. The number of likely N-dealkylation sites (N-methyl/N-ethyl adjacent to an activating group) is 1. The summed E-state index contributed by atoms with van der Waals surface area (Å²) in [5.74, 6) is 1.49. The summed E-state index contributed by atoms with van der Waals surface area (Å²) in [6.07, 6.45) is 4.72. The molecule has 0 atom stereocenters. The molecule has 0 saturated heterocycles. The third-order valence-electron chi connectivity index (χ3n) is 4.40. The Morgan fingerprint density at radius 2 is 2.00 bits per heavy atom. The molecule has 0 aromatic heterocycles. The summed E-state index contributed by atoms with van der Waals surface area (Å²) in [4.78, 5) is 2.41. The molecule has 112 valence electrons. The average Bonchev–Trinajstić information content (AvgIpc) is 2.47. The quantitative estimate of drug-likeness (QED) is 0.868. The van der Waals surface area contributed by atoms with Crippen molar-refractivity contribution in [2.75, 3.05) is 26.8 Å². The van der Waals surface area contributed by atoms with Gasteiger partial charge in [-0.15, -0.1) is 0 Å². The van der Waals surface area contributed by atoms with Gasteiger partial charge >= 0.3 is 0 Å². The van der Waals surface area contributed by atoms with Crippen molar-refractivity contribution >= 4 is 0 Å². The fourth-order valence-corrected chi connectivity index (χ4v) is 2.96. The first-order chi connectivity index (χ1) is 9.69. The van der Waals surface area contributed by atoms with Crippen molar-refractivity contribution in [2.24, 2.45) is 5.92 Å². The van der Waals surface area contributed by atoms with Gasteiger partial charge in [-0.1, -0.05) is 12.1 Å². The standard InChI is InChI=1S/C17H27NO2/c1-14-4-3-5-17(12-14)20-11-10-18(2)16-8-6-15(13-19)7-9-16/h3-5,12,15-16,19H,6-11,13H2,1-2H3. The van der Waals surface area contributed by atoms with Gasteiger partial charge in [0.05, 0.1) is 0 Å². The summed E-state index contributed by atoms with van der Waals surface area (Å²) >= 11 is 0. The lowest BCUT2D eigenvalue weighted by atomic mass is 9.86. The lowest BCUT2D eigenvalue weighted by Gasteiger charge is -2.34. The molecular weight excluding hydrogens is 250 g/mol. The predicted octanol–water partition coefficient (Wildman–Crippen LogP) is 2.86. The van der Waals surface area contributed by atoms with E-state index in [0.29, 0.717) is 18.6 Å². The van der Waals surface area contributed by atoms with Gasteiger partial charge in [-0.3, -0.25) is 0 Å². The highest BCUT2D eigenvalue weighted by atomic mass is 16.5. The number of benzene rings is 1. The van der Waals surface area contributed by atoms with Gasteiger partial charge in [-0.2, -0.15) is 0 Å². The van der Waals surface area contributed by atoms with Crippen molar-refractivity contribution in [1.82, 2.24) is 4.90 Å². The van der Waals surface area contributed by atoms with E-state index in [1.54, 1.807) is 0 Å². The molecule has 3 heteroatoms. The van der Waals surface area contributed by atoms with Crippen LogP contribution in [0, 0.1) is 12.8 Å². The molecular formula is C17H27NO2. The summed E-state index contributed by atoms with van der Waals surface area (Å²) in [7, 11) is 2.18. The molecule has 1 saturated carbocycles. The molecule has 0 spiro atoms. The monoisotopic (exact) mass is 277 g/mol. The van der Waals surface area contributed by atoms with E-state index >= 15 is 0 Å². The van der Waals surface area contributed by atoms with E-state index in [4.69, 9.17) is 4.74 Å². The number of aryl methyl sites for hydroxylation is 1. The first-order valence-electron chi connectivity index (χ1n) is 7.69. The minimum absolute atomic E-state index is 0.354. The van der Waals surface area contributed by atoms with Crippen LogP contribution >= 0.6 is 0 Å². The van der Waals surface area contributed by atoms with E-state index in [0.717, 1.165) is 31.7 Å². The normalized spacial score (nSPS) is 23.0. The van der Waals surface area contributed by atoms with E-state index in [9.17, 15) is 5.11 Å². The Balaban J connectivity index is 1.69. The number of hydrogen-bond acceptors (Lipinski definition) is 3. The molecule has 0 amide bonds. The second-order valence-corrected chi connectivity index (χ2v) is 6.00. The third kappa shape index (κ3) is 4.50. The average molecular weight is 277 g/mol. The highest BCUT2D eigenvalue weighted by Gasteiger charge is 2.23. The second-order valence-electron chi connectivity index (χ2n) is 6.00. The number of aliphatic hydroxyl groups is 1. The number of hydrogen-bond donors (Lipinski definition) is 1. The fraction of sp³-hybridized carbons (Fsp3) is 0.647. The van der Waals surface area contributed by atoms with Crippen molar-refractivity contribution in [3.8, 4) is 5.75 Å². The molecule has 0 aliphatic heterocycles. The van der Waals surface area contributed by atoms with Crippen LogP contribution in [0.3, 0.4) is 0 Å². The van der Waals surface area contributed by atoms with Gasteiger partial charge in [-0.05, 0) is 63.3 Å². The Kier molecular flexibility index (Phi) is 5.86. The number of ether oxygens (including phenoxy) is 1. The fourth-order valence-electron chi connectivity index (χ4n) is 2.96. The first-order valence-corrected chi connectivity index (χ1v) is 7.69. The van der Waals surface area contributed by atoms with Gasteiger partial charge in [0.15, 0.2) is 0 Å². The topological polar surface area (TPSA) is 32.7 Å². The van der Waals surface area contributed by atoms with Crippen molar-refractivity contribution in [1.29, 1.82) is 0 Å². The van der Waals surface area contributed by atoms with E-state index < -0.39 is 0 Å². The van der Waals surface area contributed by atoms with Crippen LogP contribution in [0.4, 0.5) is 0 Å². The van der Waals surface area contributed by atoms with Crippen LogP contribution in [0.15, 0.2) is 24.3 Å². The lowest BCUT2D eigenvalue weighted by molar-refractivity contribution is 0.116. The van der Waals surface area contributed by atoms with Gasteiger partial charge < -0.3 is 14.7 Å². The highest BCUT2D eigenvalue weighted by molar-refractivity contribution is 5.27.